The lowest BCUT2D eigenvalue weighted by molar-refractivity contribution is -0.120. The average Bonchev–Trinajstić information content (AvgIpc) is 2.36. The fraction of sp³-hybridized carbons (Fsp3) is 0.533. The number of hydrogen-bond acceptors (Lipinski definition) is 2. The Balaban J connectivity index is 2.39. The van der Waals surface area contributed by atoms with Crippen LogP contribution < -0.4 is 10.6 Å². The molecule has 2 atom stereocenters. The van der Waals surface area contributed by atoms with Crippen LogP contribution in [0.5, 0.6) is 0 Å². The smallest absolute Gasteiger partial charge is 0.234 e. The molecule has 0 bridgehead atoms. The molecule has 0 radical (unpaired) electrons. The molecule has 3 heteroatoms. The van der Waals surface area contributed by atoms with Gasteiger partial charge in [0.25, 0.3) is 0 Å². The minimum absolute atomic E-state index is 0.0586. The van der Waals surface area contributed by atoms with E-state index in [1.54, 1.807) is 0 Å². The molecule has 0 spiro atoms. The van der Waals surface area contributed by atoms with Gasteiger partial charge in [-0.15, -0.1) is 0 Å². The molecule has 100 valence electrons. The van der Waals surface area contributed by atoms with Crippen molar-refractivity contribution in [2.24, 2.45) is 0 Å². The molecule has 0 aliphatic rings. The van der Waals surface area contributed by atoms with Gasteiger partial charge in [0.15, 0.2) is 0 Å². The van der Waals surface area contributed by atoms with E-state index in [1.165, 1.54) is 11.1 Å². The Morgan fingerprint density at radius 2 is 1.83 bits per heavy atom. The summed E-state index contributed by atoms with van der Waals surface area (Å²) in [5.74, 6) is 0.0586. The van der Waals surface area contributed by atoms with Crippen LogP contribution in [0, 0.1) is 6.92 Å². The summed E-state index contributed by atoms with van der Waals surface area (Å²) in [7, 11) is 0. The molecule has 2 N–H and O–H groups in total. The van der Waals surface area contributed by atoms with E-state index in [2.05, 4.69) is 55.7 Å². The van der Waals surface area contributed by atoms with Gasteiger partial charge in [-0.2, -0.15) is 0 Å². The van der Waals surface area contributed by atoms with Gasteiger partial charge in [-0.25, -0.2) is 0 Å². The Labute approximate surface area is 110 Å². The molecule has 3 nitrogen and oxygen atoms in total. The zero-order valence-electron chi connectivity index (χ0n) is 11.8. The van der Waals surface area contributed by atoms with Crippen LogP contribution in [0.3, 0.4) is 0 Å². The van der Waals surface area contributed by atoms with Crippen LogP contribution in [-0.4, -0.2) is 18.5 Å². The summed E-state index contributed by atoms with van der Waals surface area (Å²) in [5, 5.41) is 6.18. The first-order valence-corrected chi connectivity index (χ1v) is 6.62. The van der Waals surface area contributed by atoms with Crippen LogP contribution in [0.1, 0.15) is 44.4 Å². The Kier molecular flexibility index (Phi) is 5.86. The molecule has 1 aromatic rings. The van der Waals surface area contributed by atoms with E-state index in [-0.39, 0.29) is 18.0 Å². The standard InChI is InChI=1S/C15H24N2O/c1-5-12(3)17-15(18)10-16-13(4)14-8-6-11(2)7-9-14/h6-9,12-13,16H,5,10H2,1-4H3,(H,17,18)/t12?,13-/m0/s1. The molecular formula is C15H24N2O. The van der Waals surface area contributed by atoms with E-state index in [0.29, 0.717) is 6.54 Å². The number of aryl methyl sites for hydroxylation is 1. The second-order valence-electron chi connectivity index (χ2n) is 4.89. The molecule has 0 saturated heterocycles. The topological polar surface area (TPSA) is 41.1 Å². The molecular weight excluding hydrogens is 224 g/mol. The Morgan fingerprint density at radius 3 is 2.39 bits per heavy atom. The van der Waals surface area contributed by atoms with Crippen molar-refractivity contribution >= 4 is 5.91 Å². The maximum Gasteiger partial charge on any atom is 0.234 e. The van der Waals surface area contributed by atoms with Gasteiger partial charge in [-0.3, -0.25) is 4.79 Å². The highest BCUT2D eigenvalue weighted by atomic mass is 16.1. The van der Waals surface area contributed by atoms with Gasteiger partial charge in [0.05, 0.1) is 6.54 Å². The molecule has 1 rings (SSSR count). The number of carbonyl (C=O) groups is 1. The summed E-state index contributed by atoms with van der Waals surface area (Å²) >= 11 is 0. The van der Waals surface area contributed by atoms with E-state index in [0.717, 1.165) is 6.42 Å². The minimum atomic E-state index is 0.0586. The largest absolute Gasteiger partial charge is 0.353 e. The van der Waals surface area contributed by atoms with Crippen molar-refractivity contribution in [2.45, 2.75) is 46.2 Å². The molecule has 0 fully saturated rings. The predicted molar refractivity (Wildman–Crippen MR) is 75.5 cm³/mol. The summed E-state index contributed by atoms with van der Waals surface area (Å²) < 4.78 is 0. The van der Waals surface area contributed by atoms with Gasteiger partial charge in [-0.1, -0.05) is 36.8 Å². The Bertz CT molecular complexity index is 373. The van der Waals surface area contributed by atoms with Crippen molar-refractivity contribution in [1.29, 1.82) is 0 Å². The SMILES string of the molecule is CCC(C)NC(=O)CN[C@@H](C)c1ccc(C)cc1. The summed E-state index contributed by atoms with van der Waals surface area (Å²) in [6, 6.07) is 8.81. The van der Waals surface area contributed by atoms with Crippen LogP contribution >= 0.6 is 0 Å². The normalized spacial score (nSPS) is 14.0. The first kappa shape index (κ1) is 14.7. The zero-order valence-corrected chi connectivity index (χ0v) is 11.8. The number of nitrogens with one attached hydrogen (secondary N) is 2. The van der Waals surface area contributed by atoms with Crippen molar-refractivity contribution in [3.05, 3.63) is 35.4 Å². The highest BCUT2D eigenvalue weighted by Gasteiger charge is 2.08. The highest BCUT2D eigenvalue weighted by Crippen LogP contribution is 2.12. The van der Waals surface area contributed by atoms with Gasteiger partial charge in [0, 0.05) is 12.1 Å². The monoisotopic (exact) mass is 248 g/mol. The second kappa shape index (κ2) is 7.17. The van der Waals surface area contributed by atoms with Gasteiger partial charge < -0.3 is 10.6 Å². The molecule has 0 aliphatic carbocycles. The molecule has 0 aromatic heterocycles. The van der Waals surface area contributed by atoms with E-state index >= 15 is 0 Å². The lowest BCUT2D eigenvalue weighted by Gasteiger charge is -2.16. The first-order chi connectivity index (χ1) is 8.52. The molecule has 1 unspecified atom stereocenters. The highest BCUT2D eigenvalue weighted by molar-refractivity contribution is 5.78. The maximum absolute atomic E-state index is 11.6. The number of amides is 1. The summed E-state index contributed by atoms with van der Waals surface area (Å²) in [6.07, 6.45) is 0.958. The van der Waals surface area contributed by atoms with Gasteiger partial charge in [-0.05, 0) is 32.8 Å². The third kappa shape index (κ3) is 4.88. The van der Waals surface area contributed by atoms with Gasteiger partial charge in [0.1, 0.15) is 0 Å². The van der Waals surface area contributed by atoms with Gasteiger partial charge in [0.2, 0.25) is 5.91 Å². The number of hydrogen-bond donors (Lipinski definition) is 2. The van der Waals surface area contributed by atoms with E-state index in [4.69, 9.17) is 0 Å². The van der Waals surface area contributed by atoms with Crippen LogP contribution in [0.15, 0.2) is 24.3 Å². The summed E-state index contributed by atoms with van der Waals surface area (Å²) in [5.41, 5.74) is 2.46. The van der Waals surface area contributed by atoms with E-state index < -0.39 is 0 Å². The van der Waals surface area contributed by atoms with Gasteiger partial charge >= 0.3 is 0 Å². The predicted octanol–water partition coefficient (Wildman–Crippen LogP) is 2.56. The second-order valence-corrected chi connectivity index (χ2v) is 4.89. The van der Waals surface area contributed by atoms with Crippen LogP contribution in [0.4, 0.5) is 0 Å². The zero-order chi connectivity index (χ0) is 13.5. The molecule has 0 aliphatic heterocycles. The fourth-order valence-corrected chi connectivity index (χ4v) is 1.65. The minimum Gasteiger partial charge on any atom is -0.353 e. The molecule has 0 heterocycles. The number of rotatable bonds is 6. The Morgan fingerprint density at radius 1 is 1.22 bits per heavy atom. The molecule has 0 saturated carbocycles. The Hall–Kier alpha value is -1.35. The van der Waals surface area contributed by atoms with Crippen molar-refractivity contribution in [3.63, 3.8) is 0 Å². The van der Waals surface area contributed by atoms with Crippen molar-refractivity contribution < 1.29 is 4.79 Å². The maximum atomic E-state index is 11.6. The third-order valence-corrected chi connectivity index (χ3v) is 3.17. The fourth-order valence-electron chi connectivity index (χ4n) is 1.65. The van der Waals surface area contributed by atoms with Crippen LogP contribution in [0.25, 0.3) is 0 Å². The quantitative estimate of drug-likeness (QED) is 0.812. The molecule has 1 amide bonds. The van der Waals surface area contributed by atoms with Crippen molar-refractivity contribution in [3.8, 4) is 0 Å². The number of carbonyl (C=O) groups excluding carboxylic acids is 1. The first-order valence-electron chi connectivity index (χ1n) is 6.62. The summed E-state index contributed by atoms with van der Waals surface area (Å²) in [6.45, 7) is 8.58. The average molecular weight is 248 g/mol. The lowest BCUT2D eigenvalue weighted by Crippen LogP contribution is -2.39. The third-order valence-electron chi connectivity index (χ3n) is 3.17. The van der Waals surface area contributed by atoms with E-state index in [1.807, 2.05) is 6.92 Å². The number of benzene rings is 1. The molecule has 1 aromatic carbocycles. The lowest BCUT2D eigenvalue weighted by atomic mass is 10.1. The van der Waals surface area contributed by atoms with Crippen molar-refractivity contribution in [1.82, 2.24) is 10.6 Å². The molecule has 18 heavy (non-hydrogen) atoms. The van der Waals surface area contributed by atoms with Crippen LogP contribution in [0.2, 0.25) is 0 Å². The summed E-state index contributed by atoms with van der Waals surface area (Å²) in [4.78, 5) is 11.6. The van der Waals surface area contributed by atoms with Crippen molar-refractivity contribution in [2.75, 3.05) is 6.54 Å². The van der Waals surface area contributed by atoms with E-state index in [9.17, 15) is 4.79 Å². The van der Waals surface area contributed by atoms with Crippen LogP contribution in [-0.2, 0) is 4.79 Å².